The van der Waals surface area contributed by atoms with E-state index in [0.717, 1.165) is 19.3 Å². The first-order valence-electron chi connectivity index (χ1n) is 5.87. The second kappa shape index (κ2) is 8.92. The van der Waals surface area contributed by atoms with Crippen molar-refractivity contribution in [1.82, 2.24) is 0 Å². The molecule has 0 saturated heterocycles. The van der Waals surface area contributed by atoms with Crippen LogP contribution in [0.2, 0.25) is 0 Å². The molecule has 0 aliphatic carbocycles. The molecule has 3 N–H and O–H groups in total. The van der Waals surface area contributed by atoms with E-state index in [0.29, 0.717) is 6.42 Å². The number of unbranched alkanes of at least 4 members (excludes halogenated alkanes) is 6. The van der Waals surface area contributed by atoms with Crippen LogP contribution >= 0.6 is 0 Å². The lowest BCUT2D eigenvalue weighted by Crippen LogP contribution is -2.26. The predicted octanol–water partition coefficient (Wildman–Crippen LogP) is 2.23. The lowest BCUT2D eigenvalue weighted by Gasteiger charge is -2.09. The lowest BCUT2D eigenvalue weighted by atomic mass is 10.1. The molecular formula is C10H23NO4S. The van der Waals surface area contributed by atoms with E-state index in [-0.39, 0.29) is 0 Å². The molecule has 16 heavy (non-hydrogen) atoms. The molecule has 5 nitrogen and oxygen atoms in total. The van der Waals surface area contributed by atoms with Gasteiger partial charge in [-0.25, -0.2) is 4.18 Å². The van der Waals surface area contributed by atoms with E-state index in [1.165, 1.54) is 25.7 Å². The van der Waals surface area contributed by atoms with Crippen LogP contribution in [0.15, 0.2) is 0 Å². The minimum absolute atomic E-state index is 0.452. The first-order valence-corrected chi connectivity index (χ1v) is 7.23. The van der Waals surface area contributed by atoms with E-state index in [4.69, 9.17) is 10.3 Å². The van der Waals surface area contributed by atoms with Crippen LogP contribution in [0.3, 0.4) is 0 Å². The van der Waals surface area contributed by atoms with Crippen molar-refractivity contribution in [2.45, 2.75) is 64.5 Å². The van der Waals surface area contributed by atoms with Gasteiger partial charge in [0.2, 0.25) is 0 Å². The van der Waals surface area contributed by atoms with Crippen LogP contribution in [0.25, 0.3) is 0 Å². The minimum atomic E-state index is -4.40. The molecule has 0 aromatic carbocycles. The zero-order valence-electron chi connectivity index (χ0n) is 9.89. The number of rotatable bonds is 10. The van der Waals surface area contributed by atoms with Gasteiger partial charge in [-0.05, 0) is 12.8 Å². The molecule has 0 aromatic heterocycles. The quantitative estimate of drug-likeness (QED) is 0.354. The van der Waals surface area contributed by atoms with Crippen LogP contribution in [0.4, 0.5) is 0 Å². The van der Waals surface area contributed by atoms with Crippen LogP contribution in [0, 0.1) is 0 Å². The lowest BCUT2D eigenvalue weighted by molar-refractivity contribution is 0.175. The molecule has 1 unspecified atom stereocenters. The molecule has 0 amide bonds. The van der Waals surface area contributed by atoms with E-state index in [2.05, 4.69) is 11.1 Å². The summed E-state index contributed by atoms with van der Waals surface area (Å²) < 4.78 is 33.2. The Bertz CT molecular complexity index is 254. The van der Waals surface area contributed by atoms with Gasteiger partial charge in [-0.15, -0.1) is 0 Å². The zero-order valence-corrected chi connectivity index (χ0v) is 10.7. The van der Waals surface area contributed by atoms with E-state index < -0.39 is 16.6 Å². The fourth-order valence-corrected chi connectivity index (χ4v) is 1.92. The predicted molar refractivity (Wildman–Crippen MR) is 63.2 cm³/mol. The highest BCUT2D eigenvalue weighted by atomic mass is 32.3. The van der Waals surface area contributed by atoms with Crippen molar-refractivity contribution < 1.29 is 17.2 Å². The molecule has 0 bridgehead atoms. The Morgan fingerprint density at radius 2 is 1.62 bits per heavy atom. The third kappa shape index (κ3) is 11.9. The number of hydrogen-bond acceptors (Lipinski definition) is 4. The van der Waals surface area contributed by atoms with Gasteiger partial charge >= 0.3 is 10.4 Å². The molecule has 0 fully saturated rings. The SMILES string of the molecule is CCCCCCCCCC(N)OS(=O)(=O)O. The highest BCUT2D eigenvalue weighted by Gasteiger charge is 2.11. The Morgan fingerprint density at radius 1 is 1.12 bits per heavy atom. The Morgan fingerprint density at radius 3 is 2.12 bits per heavy atom. The minimum Gasteiger partial charge on any atom is -0.305 e. The standard InChI is InChI=1S/C10H23NO4S/c1-2-3-4-5-6-7-8-9-10(11)15-16(12,13)14/h10H,2-9,11H2,1H3,(H,12,13,14). The van der Waals surface area contributed by atoms with E-state index in [9.17, 15) is 8.42 Å². The first-order chi connectivity index (χ1) is 7.45. The highest BCUT2D eigenvalue weighted by molar-refractivity contribution is 7.80. The average Bonchev–Trinajstić information content (AvgIpc) is 2.13. The summed E-state index contributed by atoms with van der Waals surface area (Å²) in [6, 6.07) is 0. The van der Waals surface area contributed by atoms with Gasteiger partial charge < -0.3 is 5.73 Å². The molecule has 0 saturated carbocycles. The summed E-state index contributed by atoms with van der Waals surface area (Å²) in [5, 5.41) is 0. The molecule has 0 aliphatic heterocycles. The van der Waals surface area contributed by atoms with Crippen molar-refractivity contribution in [3.63, 3.8) is 0 Å². The summed E-state index contributed by atoms with van der Waals surface area (Å²) in [5.74, 6) is 0. The van der Waals surface area contributed by atoms with Gasteiger partial charge in [0.1, 0.15) is 6.23 Å². The van der Waals surface area contributed by atoms with Gasteiger partial charge in [-0.1, -0.05) is 45.4 Å². The summed E-state index contributed by atoms with van der Waals surface area (Å²) >= 11 is 0. The maximum absolute atomic E-state index is 10.3. The van der Waals surface area contributed by atoms with Crippen LogP contribution < -0.4 is 5.73 Å². The second-order valence-corrected chi connectivity index (χ2v) is 5.02. The fraction of sp³-hybridized carbons (Fsp3) is 1.00. The van der Waals surface area contributed by atoms with Gasteiger partial charge in [0.05, 0.1) is 0 Å². The molecule has 6 heteroatoms. The smallest absolute Gasteiger partial charge is 0.305 e. The molecule has 0 spiro atoms. The zero-order chi connectivity index (χ0) is 12.4. The van der Waals surface area contributed by atoms with Crippen LogP contribution in [-0.2, 0) is 14.6 Å². The van der Waals surface area contributed by atoms with E-state index >= 15 is 0 Å². The number of hydrogen-bond donors (Lipinski definition) is 2. The van der Waals surface area contributed by atoms with Gasteiger partial charge in [0, 0.05) is 0 Å². The Hall–Kier alpha value is -0.170. The Labute approximate surface area is 98.3 Å². The van der Waals surface area contributed by atoms with Crippen molar-refractivity contribution in [2.75, 3.05) is 0 Å². The molecule has 1 atom stereocenters. The van der Waals surface area contributed by atoms with Crippen LogP contribution in [0.1, 0.15) is 58.3 Å². The van der Waals surface area contributed by atoms with Crippen molar-refractivity contribution in [3.05, 3.63) is 0 Å². The Kier molecular flexibility index (Phi) is 8.83. The molecule has 0 aromatic rings. The van der Waals surface area contributed by atoms with Crippen molar-refractivity contribution in [3.8, 4) is 0 Å². The maximum atomic E-state index is 10.3. The average molecular weight is 253 g/mol. The topological polar surface area (TPSA) is 89.6 Å². The highest BCUT2D eigenvalue weighted by Crippen LogP contribution is 2.10. The largest absolute Gasteiger partial charge is 0.398 e. The Balaban J connectivity index is 3.31. The monoisotopic (exact) mass is 253 g/mol. The first kappa shape index (κ1) is 15.8. The third-order valence-corrected chi connectivity index (χ3v) is 2.83. The summed E-state index contributed by atoms with van der Waals surface area (Å²) in [4.78, 5) is 0. The second-order valence-electron chi connectivity index (χ2n) is 3.97. The summed E-state index contributed by atoms with van der Waals surface area (Å²) in [6.45, 7) is 2.17. The van der Waals surface area contributed by atoms with Gasteiger partial charge in [0.25, 0.3) is 0 Å². The molecule has 98 valence electrons. The molecular weight excluding hydrogens is 230 g/mol. The van der Waals surface area contributed by atoms with Gasteiger partial charge in [0.15, 0.2) is 0 Å². The van der Waals surface area contributed by atoms with E-state index in [1.807, 2.05) is 0 Å². The van der Waals surface area contributed by atoms with Gasteiger partial charge in [-0.3, -0.25) is 4.55 Å². The van der Waals surface area contributed by atoms with Crippen molar-refractivity contribution in [1.29, 1.82) is 0 Å². The normalized spacial score (nSPS) is 13.9. The summed E-state index contributed by atoms with van der Waals surface area (Å²) in [6.07, 6.45) is 7.47. The fourth-order valence-electron chi connectivity index (χ4n) is 1.51. The molecule has 0 radical (unpaired) electrons. The molecule has 0 heterocycles. The molecule has 0 aliphatic rings. The van der Waals surface area contributed by atoms with Crippen molar-refractivity contribution >= 4 is 10.4 Å². The van der Waals surface area contributed by atoms with E-state index in [1.54, 1.807) is 0 Å². The van der Waals surface area contributed by atoms with Gasteiger partial charge in [-0.2, -0.15) is 8.42 Å². The molecule has 0 rings (SSSR count). The number of nitrogens with two attached hydrogens (primary N) is 1. The summed E-state index contributed by atoms with van der Waals surface area (Å²) in [7, 11) is -4.40. The third-order valence-electron chi connectivity index (χ3n) is 2.34. The van der Waals surface area contributed by atoms with Crippen LogP contribution in [0.5, 0.6) is 0 Å². The summed E-state index contributed by atoms with van der Waals surface area (Å²) in [5.41, 5.74) is 5.36. The van der Waals surface area contributed by atoms with Crippen LogP contribution in [-0.4, -0.2) is 19.2 Å². The van der Waals surface area contributed by atoms with Crippen molar-refractivity contribution in [2.24, 2.45) is 5.73 Å². The maximum Gasteiger partial charge on any atom is 0.398 e.